The van der Waals surface area contributed by atoms with Crippen LogP contribution in [0.15, 0.2) is 41.7 Å². The van der Waals surface area contributed by atoms with E-state index in [4.69, 9.17) is 20.8 Å². The quantitative estimate of drug-likeness (QED) is 0.374. The number of aromatic nitrogens is 4. The van der Waals surface area contributed by atoms with Crippen LogP contribution in [0.2, 0.25) is 5.02 Å². The average Bonchev–Trinajstić information content (AvgIpc) is 3.42. The number of carbonyl (C=O) groups excluding carboxylic acids is 1. The Morgan fingerprint density at radius 1 is 1.48 bits per heavy atom. The maximum Gasteiger partial charge on any atom is 0.273 e. The molecular formula is C18H19ClFN5O3S. The van der Waals surface area contributed by atoms with Crippen molar-refractivity contribution in [3.63, 3.8) is 0 Å². The summed E-state index contributed by atoms with van der Waals surface area (Å²) < 4.78 is 25.4. The fourth-order valence-electron chi connectivity index (χ4n) is 2.53. The van der Waals surface area contributed by atoms with Crippen molar-refractivity contribution in [2.24, 2.45) is 0 Å². The third-order valence-corrected chi connectivity index (χ3v) is 4.91. The van der Waals surface area contributed by atoms with Gasteiger partial charge in [-0.2, -0.15) is 8.98 Å². The van der Waals surface area contributed by atoms with E-state index in [0.717, 1.165) is 0 Å². The Kier molecular flexibility index (Phi) is 7.48. The summed E-state index contributed by atoms with van der Waals surface area (Å²) in [5.41, 5.74) is 0.0808. The molecule has 1 N–H and O–H groups in total. The zero-order valence-electron chi connectivity index (χ0n) is 15.5. The number of ether oxygens (including phenoxy) is 1. The van der Waals surface area contributed by atoms with Crippen LogP contribution < -0.4 is 10.1 Å². The lowest BCUT2D eigenvalue weighted by atomic mass is 10.1. The predicted octanol–water partition coefficient (Wildman–Crippen LogP) is 4.14. The summed E-state index contributed by atoms with van der Waals surface area (Å²) in [6, 6.07) is 4.88. The molecule has 8 nitrogen and oxygen atoms in total. The number of hydrogen-bond donors (Lipinski definition) is 1. The number of rotatable bonds is 10. The number of amides is 1. The van der Waals surface area contributed by atoms with Crippen molar-refractivity contribution in [2.45, 2.75) is 31.7 Å². The number of aryl methyl sites for hydroxylation is 1. The first-order chi connectivity index (χ1) is 14.1. The zero-order chi connectivity index (χ0) is 20.6. The molecule has 2 aromatic heterocycles. The molecule has 0 aliphatic carbocycles. The smallest absolute Gasteiger partial charge is 0.273 e. The Morgan fingerprint density at radius 2 is 2.34 bits per heavy atom. The van der Waals surface area contributed by atoms with Gasteiger partial charge in [0.1, 0.15) is 18.4 Å². The summed E-state index contributed by atoms with van der Waals surface area (Å²) in [7, 11) is 0. The van der Waals surface area contributed by atoms with Gasteiger partial charge >= 0.3 is 0 Å². The van der Waals surface area contributed by atoms with Gasteiger partial charge in [0.05, 0.1) is 17.2 Å². The van der Waals surface area contributed by atoms with Gasteiger partial charge in [0.2, 0.25) is 0 Å². The number of nitrogens with zero attached hydrogens (tertiary/aromatic N) is 4. The predicted molar refractivity (Wildman–Crippen MR) is 107 cm³/mol. The Morgan fingerprint density at radius 3 is 3.03 bits per heavy atom. The molecule has 3 rings (SSSR count). The first kappa shape index (κ1) is 21.1. The summed E-state index contributed by atoms with van der Waals surface area (Å²) in [6.07, 6.45) is 5.45. The fourth-order valence-corrected chi connectivity index (χ4v) is 3.02. The molecule has 0 bridgehead atoms. The van der Waals surface area contributed by atoms with E-state index in [2.05, 4.69) is 20.4 Å². The first-order valence-electron chi connectivity index (χ1n) is 8.90. The summed E-state index contributed by atoms with van der Waals surface area (Å²) in [5, 5.41) is 7.08. The lowest BCUT2D eigenvalue weighted by molar-refractivity contribution is 0.0948. The maximum atomic E-state index is 12.8. The molecule has 29 heavy (non-hydrogen) atoms. The molecule has 0 radical (unpaired) electrons. The second kappa shape index (κ2) is 10.3. The average molecular weight is 440 g/mol. The third-order valence-electron chi connectivity index (χ3n) is 3.98. The van der Waals surface area contributed by atoms with Gasteiger partial charge in [-0.1, -0.05) is 18.5 Å². The van der Waals surface area contributed by atoms with Crippen molar-refractivity contribution in [3.05, 3.63) is 48.0 Å². The second-order valence-corrected chi connectivity index (χ2v) is 7.10. The van der Waals surface area contributed by atoms with Gasteiger partial charge in [-0.25, -0.2) is 9.97 Å². The summed E-state index contributed by atoms with van der Waals surface area (Å²) >= 11 is 6.37. The Hall–Kier alpha value is -2.59. The van der Waals surface area contributed by atoms with Crippen molar-refractivity contribution < 1.29 is 17.8 Å². The second-order valence-electron chi connectivity index (χ2n) is 5.99. The molecule has 0 saturated heterocycles. The SMILES string of the molecule is CCC(Oc1ccc(-c2ocnc2C(=O)NCCCn2cncn2)cc1Cl)SF. The lowest BCUT2D eigenvalue weighted by Crippen LogP contribution is -2.26. The number of hydrogen-bond acceptors (Lipinski definition) is 7. The Labute approximate surface area is 176 Å². The minimum absolute atomic E-state index is 0.119. The van der Waals surface area contributed by atoms with Crippen LogP contribution in [0.25, 0.3) is 11.3 Å². The van der Waals surface area contributed by atoms with Crippen LogP contribution in [0.4, 0.5) is 3.89 Å². The van der Waals surface area contributed by atoms with Gasteiger partial charge in [-0.05, 0) is 31.0 Å². The maximum absolute atomic E-state index is 12.8. The molecule has 154 valence electrons. The first-order valence-corrected chi connectivity index (χ1v) is 10.1. The molecule has 2 heterocycles. The highest BCUT2D eigenvalue weighted by Crippen LogP contribution is 2.34. The topological polar surface area (TPSA) is 95.1 Å². The van der Waals surface area contributed by atoms with Gasteiger partial charge < -0.3 is 14.5 Å². The van der Waals surface area contributed by atoms with E-state index in [9.17, 15) is 8.68 Å². The minimum Gasteiger partial charge on any atom is -0.476 e. The minimum atomic E-state index is -0.637. The van der Waals surface area contributed by atoms with E-state index >= 15 is 0 Å². The Bertz CT molecular complexity index is 933. The summed E-state index contributed by atoms with van der Waals surface area (Å²) in [6.45, 7) is 2.89. The van der Waals surface area contributed by atoms with Gasteiger partial charge in [0.25, 0.3) is 5.91 Å². The van der Waals surface area contributed by atoms with E-state index in [1.54, 1.807) is 29.2 Å². The molecule has 0 fully saturated rings. The Balaban J connectivity index is 1.64. The van der Waals surface area contributed by atoms with Gasteiger partial charge in [-0.15, -0.1) is 0 Å². The molecule has 1 aromatic carbocycles. The molecule has 1 unspecified atom stereocenters. The van der Waals surface area contributed by atoms with Crippen molar-refractivity contribution in [3.8, 4) is 17.1 Å². The third kappa shape index (κ3) is 5.48. The molecular weight excluding hydrogens is 421 g/mol. The highest BCUT2D eigenvalue weighted by Gasteiger charge is 2.20. The van der Waals surface area contributed by atoms with E-state index in [1.807, 2.05) is 6.92 Å². The van der Waals surface area contributed by atoms with Crippen LogP contribution in [0.1, 0.15) is 30.3 Å². The van der Waals surface area contributed by atoms with E-state index in [-0.39, 0.29) is 28.8 Å². The highest BCUT2D eigenvalue weighted by molar-refractivity contribution is 7.94. The molecule has 1 amide bonds. The van der Waals surface area contributed by atoms with Crippen molar-refractivity contribution in [1.29, 1.82) is 0 Å². The number of carbonyl (C=O) groups is 1. The monoisotopic (exact) mass is 439 g/mol. The lowest BCUT2D eigenvalue weighted by Gasteiger charge is -2.14. The van der Waals surface area contributed by atoms with Gasteiger partial charge in [-0.3, -0.25) is 9.48 Å². The van der Waals surface area contributed by atoms with Crippen LogP contribution in [0.5, 0.6) is 5.75 Å². The van der Waals surface area contributed by atoms with Crippen LogP contribution in [0.3, 0.4) is 0 Å². The van der Waals surface area contributed by atoms with E-state index < -0.39 is 5.44 Å². The van der Waals surface area contributed by atoms with Gasteiger partial charge in [0, 0.05) is 18.7 Å². The van der Waals surface area contributed by atoms with Crippen LogP contribution in [0, 0.1) is 0 Å². The largest absolute Gasteiger partial charge is 0.476 e. The summed E-state index contributed by atoms with van der Waals surface area (Å²) in [4.78, 5) is 20.3. The number of nitrogens with one attached hydrogen (secondary N) is 1. The van der Waals surface area contributed by atoms with Crippen LogP contribution >= 0.6 is 23.7 Å². The molecule has 0 spiro atoms. The van der Waals surface area contributed by atoms with Gasteiger partial charge in [0.15, 0.2) is 23.3 Å². The van der Waals surface area contributed by atoms with E-state index in [1.165, 1.54) is 12.7 Å². The number of oxazole rings is 1. The van der Waals surface area contributed by atoms with Crippen molar-refractivity contribution >= 4 is 29.7 Å². The number of benzene rings is 1. The molecule has 1 atom stereocenters. The number of halogens is 2. The summed E-state index contributed by atoms with van der Waals surface area (Å²) in [5.74, 6) is 0.286. The highest BCUT2D eigenvalue weighted by atomic mass is 35.5. The molecule has 0 aliphatic rings. The van der Waals surface area contributed by atoms with Crippen molar-refractivity contribution in [2.75, 3.05) is 6.54 Å². The standard InChI is InChI=1S/C18H19ClFN5O3S/c1-2-15(29-20)28-14-5-4-12(8-13(14)19)17-16(23-11-27-17)18(26)22-6-3-7-25-10-21-9-24-25/h4-5,8-11,15H,2-3,6-7H2,1H3,(H,22,26). The fraction of sp³-hybridized carbons (Fsp3) is 0.333. The van der Waals surface area contributed by atoms with E-state index in [0.29, 0.717) is 43.0 Å². The molecule has 0 aliphatic heterocycles. The van der Waals surface area contributed by atoms with Crippen LogP contribution in [-0.4, -0.2) is 37.6 Å². The molecule has 11 heteroatoms. The molecule has 3 aromatic rings. The normalized spacial score (nSPS) is 12.0. The zero-order valence-corrected chi connectivity index (χ0v) is 17.1. The molecule has 0 saturated carbocycles. The van der Waals surface area contributed by atoms with Crippen molar-refractivity contribution in [1.82, 2.24) is 25.1 Å². The van der Waals surface area contributed by atoms with Crippen LogP contribution in [-0.2, 0) is 6.54 Å².